The quantitative estimate of drug-likeness (QED) is 0.874. The van der Waals surface area contributed by atoms with Crippen LogP contribution < -0.4 is 10.2 Å². The second-order valence-electron chi connectivity index (χ2n) is 6.52. The van der Waals surface area contributed by atoms with E-state index in [4.69, 9.17) is 9.26 Å². The molecule has 140 valence electrons. The van der Waals surface area contributed by atoms with Crippen molar-refractivity contribution >= 4 is 17.5 Å². The van der Waals surface area contributed by atoms with Gasteiger partial charge in [-0.05, 0) is 34.1 Å². The van der Waals surface area contributed by atoms with E-state index in [0.29, 0.717) is 37.7 Å². The molecule has 0 saturated carbocycles. The lowest BCUT2D eigenvalue weighted by molar-refractivity contribution is -0.116. The highest BCUT2D eigenvalue weighted by Crippen LogP contribution is 2.22. The molecule has 3 rings (SSSR count). The molecular weight excluding hydrogens is 334 g/mol. The largest absolute Gasteiger partial charge is 0.378 e. The predicted molar refractivity (Wildman–Crippen MR) is 97.5 cm³/mol. The fraction of sp³-hybridized carbons (Fsp3) is 0.556. The molecule has 0 atom stereocenters. The molecule has 26 heavy (non-hydrogen) atoms. The first-order valence-corrected chi connectivity index (χ1v) is 8.85. The molecule has 1 N–H and O–H groups in total. The van der Waals surface area contributed by atoms with Gasteiger partial charge in [0.05, 0.1) is 36.0 Å². The Morgan fingerprint density at radius 1 is 1.08 bits per heavy atom. The van der Waals surface area contributed by atoms with Crippen molar-refractivity contribution in [2.75, 3.05) is 36.5 Å². The number of aryl methyl sites for hydroxylation is 4. The van der Waals surface area contributed by atoms with Crippen LogP contribution >= 0.6 is 0 Å². The Bertz CT molecular complexity index is 754. The topological polar surface area (TPSA) is 93.4 Å². The van der Waals surface area contributed by atoms with E-state index in [1.54, 1.807) is 0 Å². The van der Waals surface area contributed by atoms with Crippen LogP contribution in [0.1, 0.15) is 34.8 Å². The second-order valence-corrected chi connectivity index (χ2v) is 6.52. The molecule has 0 aliphatic carbocycles. The molecular formula is C18H25N5O3. The number of hydrogen-bond acceptors (Lipinski definition) is 7. The summed E-state index contributed by atoms with van der Waals surface area (Å²) in [6, 6.07) is 0. The Labute approximate surface area is 152 Å². The van der Waals surface area contributed by atoms with Gasteiger partial charge < -0.3 is 19.5 Å². The highest BCUT2D eigenvalue weighted by molar-refractivity contribution is 5.92. The van der Waals surface area contributed by atoms with Gasteiger partial charge >= 0.3 is 0 Å². The van der Waals surface area contributed by atoms with Crippen LogP contribution in [0.3, 0.4) is 0 Å². The fourth-order valence-corrected chi connectivity index (χ4v) is 3.08. The maximum absolute atomic E-state index is 12.4. The monoisotopic (exact) mass is 359 g/mol. The molecule has 0 aromatic carbocycles. The third-order valence-corrected chi connectivity index (χ3v) is 4.60. The Balaban J connectivity index is 1.66. The minimum absolute atomic E-state index is 0.0704. The smallest absolute Gasteiger partial charge is 0.226 e. The molecule has 2 aromatic rings. The van der Waals surface area contributed by atoms with Crippen molar-refractivity contribution in [1.29, 1.82) is 0 Å². The predicted octanol–water partition coefficient (Wildman–Crippen LogP) is 2.11. The first kappa shape index (κ1) is 18.3. The zero-order valence-corrected chi connectivity index (χ0v) is 15.8. The van der Waals surface area contributed by atoms with Crippen molar-refractivity contribution in [3.63, 3.8) is 0 Å². The molecule has 0 unspecified atom stereocenters. The van der Waals surface area contributed by atoms with Crippen LogP contribution in [-0.4, -0.2) is 47.3 Å². The highest BCUT2D eigenvalue weighted by atomic mass is 16.5. The fourth-order valence-electron chi connectivity index (χ4n) is 3.08. The van der Waals surface area contributed by atoms with E-state index in [1.807, 2.05) is 27.7 Å². The second kappa shape index (κ2) is 7.82. The summed E-state index contributed by atoms with van der Waals surface area (Å²) in [5.74, 6) is 1.39. The van der Waals surface area contributed by atoms with Crippen LogP contribution in [0.15, 0.2) is 4.52 Å². The summed E-state index contributed by atoms with van der Waals surface area (Å²) < 4.78 is 10.5. The van der Waals surface area contributed by atoms with E-state index in [9.17, 15) is 4.79 Å². The standard InChI is InChI=1S/C18H25N5O3/c1-11-15(14(4)26-22-11)5-6-16(24)21-17-12(2)19-18(20-13(17)3)23-7-9-25-10-8-23/h5-10H2,1-4H3,(H,21,24). The molecule has 1 saturated heterocycles. The van der Waals surface area contributed by atoms with Crippen molar-refractivity contribution in [2.45, 2.75) is 40.5 Å². The number of amides is 1. The number of morpholine rings is 1. The minimum atomic E-state index is -0.0704. The summed E-state index contributed by atoms with van der Waals surface area (Å²) in [5, 5.41) is 6.87. The number of ether oxygens (including phenoxy) is 1. The third-order valence-electron chi connectivity index (χ3n) is 4.60. The zero-order chi connectivity index (χ0) is 18.7. The maximum atomic E-state index is 12.4. The number of aromatic nitrogens is 3. The molecule has 1 aliphatic rings. The summed E-state index contributed by atoms with van der Waals surface area (Å²) in [5.41, 5.74) is 4.05. The van der Waals surface area contributed by atoms with E-state index in [0.717, 1.165) is 41.5 Å². The molecule has 0 spiro atoms. The number of anilines is 2. The Kier molecular flexibility index (Phi) is 5.51. The summed E-state index contributed by atoms with van der Waals surface area (Å²) >= 11 is 0. The van der Waals surface area contributed by atoms with Gasteiger partial charge in [-0.25, -0.2) is 9.97 Å². The van der Waals surface area contributed by atoms with E-state index in [1.165, 1.54) is 0 Å². The normalized spacial score (nSPS) is 14.5. The number of carbonyl (C=O) groups excluding carboxylic acids is 1. The number of nitrogens with one attached hydrogen (secondary N) is 1. The van der Waals surface area contributed by atoms with Crippen molar-refractivity contribution < 1.29 is 14.1 Å². The summed E-state index contributed by atoms with van der Waals surface area (Å²) in [4.78, 5) is 23.6. The molecule has 1 amide bonds. The van der Waals surface area contributed by atoms with Crippen molar-refractivity contribution in [2.24, 2.45) is 0 Å². The van der Waals surface area contributed by atoms with Crippen molar-refractivity contribution in [3.05, 3.63) is 28.4 Å². The van der Waals surface area contributed by atoms with Gasteiger partial charge in [0.15, 0.2) is 0 Å². The van der Waals surface area contributed by atoms with Crippen LogP contribution in [0.5, 0.6) is 0 Å². The average molecular weight is 359 g/mol. The van der Waals surface area contributed by atoms with Gasteiger partial charge in [0.1, 0.15) is 5.76 Å². The highest BCUT2D eigenvalue weighted by Gasteiger charge is 2.18. The molecule has 8 nitrogen and oxygen atoms in total. The SMILES string of the molecule is Cc1noc(C)c1CCC(=O)Nc1c(C)nc(N2CCOCC2)nc1C. The maximum Gasteiger partial charge on any atom is 0.226 e. The van der Waals surface area contributed by atoms with Crippen LogP contribution in [0.25, 0.3) is 0 Å². The van der Waals surface area contributed by atoms with Gasteiger partial charge in [-0.15, -0.1) is 0 Å². The van der Waals surface area contributed by atoms with Gasteiger partial charge in [0, 0.05) is 25.1 Å². The molecule has 0 radical (unpaired) electrons. The van der Waals surface area contributed by atoms with Gasteiger partial charge in [-0.3, -0.25) is 4.79 Å². The van der Waals surface area contributed by atoms with Crippen LogP contribution in [0.4, 0.5) is 11.6 Å². The zero-order valence-electron chi connectivity index (χ0n) is 15.8. The Morgan fingerprint density at radius 3 is 2.31 bits per heavy atom. The number of hydrogen-bond donors (Lipinski definition) is 1. The Hall–Kier alpha value is -2.48. The van der Waals surface area contributed by atoms with E-state index < -0.39 is 0 Å². The Morgan fingerprint density at radius 2 is 1.73 bits per heavy atom. The van der Waals surface area contributed by atoms with Gasteiger partial charge in [-0.2, -0.15) is 0 Å². The van der Waals surface area contributed by atoms with Crippen molar-refractivity contribution in [1.82, 2.24) is 15.1 Å². The van der Waals surface area contributed by atoms with Gasteiger partial charge in [0.2, 0.25) is 11.9 Å². The van der Waals surface area contributed by atoms with E-state index in [2.05, 4.69) is 25.3 Å². The van der Waals surface area contributed by atoms with Gasteiger partial charge in [0.25, 0.3) is 0 Å². The minimum Gasteiger partial charge on any atom is -0.378 e. The lowest BCUT2D eigenvalue weighted by atomic mass is 10.1. The summed E-state index contributed by atoms with van der Waals surface area (Å²) in [7, 11) is 0. The van der Waals surface area contributed by atoms with Crippen LogP contribution in [-0.2, 0) is 16.0 Å². The first-order valence-electron chi connectivity index (χ1n) is 8.85. The molecule has 3 heterocycles. The summed E-state index contributed by atoms with van der Waals surface area (Å²) in [6.07, 6.45) is 0.949. The summed E-state index contributed by atoms with van der Waals surface area (Å²) in [6.45, 7) is 10.5. The first-order chi connectivity index (χ1) is 12.5. The van der Waals surface area contributed by atoms with Crippen LogP contribution in [0, 0.1) is 27.7 Å². The van der Waals surface area contributed by atoms with E-state index in [-0.39, 0.29) is 5.91 Å². The lowest BCUT2D eigenvalue weighted by Crippen LogP contribution is -2.37. The third kappa shape index (κ3) is 4.01. The molecule has 0 bridgehead atoms. The van der Waals surface area contributed by atoms with Gasteiger partial charge in [-0.1, -0.05) is 5.16 Å². The number of rotatable bonds is 5. The molecule has 1 aliphatic heterocycles. The lowest BCUT2D eigenvalue weighted by Gasteiger charge is -2.27. The average Bonchev–Trinajstić information content (AvgIpc) is 2.95. The molecule has 8 heteroatoms. The number of nitrogens with zero attached hydrogens (tertiary/aromatic N) is 4. The van der Waals surface area contributed by atoms with Crippen molar-refractivity contribution in [3.8, 4) is 0 Å². The number of carbonyl (C=O) groups is 1. The van der Waals surface area contributed by atoms with E-state index >= 15 is 0 Å². The molecule has 2 aromatic heterocycles. The molecule has 1 fully saturated rings. The van der Waals surface area contributed by atoms with Crippen LogP contribution in [0.2, 0.25) is 0 Å².